The Kier molecular flexibility index (Phi) is 10.6. The first-order valence-electron chi connectivity index (χ1n) is 13.2. The molecule has 0 radical (unpaired) electrons. The second-order valence-corrected chi connectivity index (χ2v) is 10.0. The number of phenols is 2. The van der Waals surface area contributed by atoms with Crippen molar-refractivity contribution in [1.82, 2.24) is 15.5 Å². The number of primary amides is 1. The van der Waals surface area contributed by atoms with Crippen molar-refractivity contribution in [2.24, 2.45) is 11.5 Å². The first kappa shape index (κ1) is 30.9. The van der Waals surface area contributed by atoms with Crippen LogP contribution in [-0.2, 0) is 36.8 Å². The third-order valence-electron chi connectivity index (χ3n) is 6.85. The summed E-state index contributed by atoms with van der Waals surface area (Å²) in [6.45, 7) is 0.206. The molecule has 13 heteroatoms. The van der Waals surface area contributed by atoms with Gasteiger partial charge in [0.25, 0.3) is 0 Å². The molecule has 13 nitrogen and oxygen atoms in total. The number of hydrogen-bond donors (Lipinski definition) is 7. The number of likely N-dealkylation sites (tertiary alicyclic amines) is 1. The van der Waals surface area contributed by atoms with Gasteiger partial charge in [0, 0.05) is 19.4 Å². The Bertz CT molecular complexity index is 1250. The molecule has 1 fully saturated rings. The number of nitrogens with two attached hydrogens (primary N) is 2. The molecule has 4 atom stereocenters. The molecule has 0 aromatic heterocycles. The zero-order valence-electron chi connectivity index (χ0n) is 22.4. The number of nitrogens with one attached hydrogen (secondary N) is 2. The molecule has 3 rings (SSSR count). The number of hydrogen-bond acceptors (Lipinski definition) is 8. The molecule has 0 spiro atoms. The van der Waals surface area contributed by atoms with Crippen LogP contribution in [0.1, 0.15) is 36.8 Å². The second-order valence-electron chi connectivity index (χ2n) is 10.0. The molecule has 0 bridgehead atoms. The number of phenolic OH excluding ortho intramolecular Hbond substituents is 2. The summed E-state index contributed by atoms with van der Waals surface area (Å²) in [5, 5.41) is 33.7. The fourth-order valence-electron chi connectivity index (χ4n) is 4.64. The third-order valence-corrected chi connectivity index (χ3v) is 6.85. The summed E-state index contributed by atoms with van der Waals surface area (Å²) in [6.07, 6.45) is 0.495. The molecule has 4 amide bonds. The number of aromatic hydroxyl groups is 2. The van der Waals surface area contributed by atoms with E-state index in [9.17, 15) is 39.3 Å². The summed E-state index contributed by atoms with van der Waals surface area (Å²) in [6, 6.07) is 7.80. The van der Waals surface area contributed by atoms with Crippen molar-refractivity contribution in [3.63, 3.8) is 0 Å². The number of rotatable bonds is 13. The molecule has 1 heterocycles. The Morgan fingerprint density at radius 3 is 1.98 bits per heavy atom. The van der Waals surface area contributed by atoms with Gasteiger partial charge in [-0.05, 0) is 61.1 Å². The highest BCUT2D eigenvalue weighted by atomic mass is 16.4. The number of carboxylic acids is 1. The van der Waals surface area contributed by atoms with Gasteiger partial charge in [0.2, 0.25) is 23.6 Å². The van der Waals surface area contributed by atoms with Crippen molar-refractivity contribution in [2.75, 3.05) is 6.54 Å². The third kappa shape index (κ3) is 8.93. The normalized spacial score (nSPS) is 16.8. The van der Waals surface area contributed by atoms with Crippen molar-refractivity contribution in [3.8, 4) is 11.5 Å². The van der Waals surface area contributed by atoms with E-state index in [0.29, 0.717) is 17.5 Å². The van der Waals surface area contributed by atoms with E-state index in [4.69, 9.17) is 11.5 Å². The van der Waals surface area contributed by atoms with Crippen LogP contribution in [-0.4, -0.2) is 80.5 Å². The van der Waals surface area contributed by atoms with E-state index < -0.39 is 53.8 Å². The van der Waals surface area contributed by atoms with Crippen molar-refractivity contribution in [1.29, 1.82) is 0 Å². The van der Waals surface area contributed by atoms with Crippen molar-refractivity contribution in [2.45, 2.75) is 62.7 Å². The van der Waals surface area contributed by atoms with Crippen molar-refractivity contribution < 1.29 is 39.3 Å². The number of carbonyl (C=O) groups is 5. The lowest BCUT2D eigenvalue weighted by molar-refractivity contribution is -0.145. The summed E-state index contributed by atoms with van der Waals surface area (Å²) in [5.41, 5.74) is 12.6. The summed E-state index contributed by atoms with van der Waals surface area (Å²) < 4.78 is 0. The van der Waals surface area contributed by atoms with E-state index in [2.05, 4.69) is 10.6 Å². The Morgan fingerprint density at radius 2 is 1.44 bits per heavy atom. The summed E-state index contributed by atoms with van der Waals surface area (Å²) >= 11 is 0. The minimum Gasteiger partial charge on any atom is -0.508 e. The van der Waals surface area contributed by atoms with E-state index in [-0.39, 0.29) is 50.1 Å². The first-order chi connectivity index (χ1) is 19.4. The largest absolute Gasteiger partial charge is 0.508 e. The van der Waals surface area contributed by atoms with Crippen LogP contribution in [0.25, 0.3) is 0 Å². The lowest BCUT2D eigenvalue weighted by Gasteiger charge is -2.30. The average Bonchev–Trinajstić information content (AvgIpc) is 3.42. The van der Waals surface area contributed by atoms with Crippen LogP contribution >= 0.6 is 0 Å². The van der Waals surface area contributed by atoms with Crippen LogP contribution < -0.4 is 22.1 Å². The lowest BCUT2D eigenvalue weighted by atomic mass is 10.0. The standard InChI is InChI=1S/C28H35N5O8/c29-20(14-16-3-7-18(34)8-4-16)25(37)32-22(15-17-5-9-19(35)10-6-17)27(39)33-13-1-2-23(33)26(38)31-21(28(40)41)11-12-24(30)36/h3-10,20-23,34-35H,1-2,11-15,29H2,(H2,30,36)(H,31,38)(H,32,37)(H,40,41). The molecule has 1 aliphatic rings. The number of amides is 4. The lowest BCUT2D eigenvalue weighted by Crippen LogP contribution is -2.57. The minimum atomic E-state index is -1.36. The highest BCUT2D eigenvalue weighted by Crippen LogP contribution is 2.21. The van der Waals surface area contributed by atoms with Gasteiger partial charge in [0.05, 0.1) is 6.04 Å². The highest BCUT2D eigenvalue weighted by molar-refractivity contribution is 5.94. The van der Waals surface area contributed by atoms with Gasteiger partial charge in [-0.3, -0.25) is 19.2 Å². The molecule has 1 aliphatic heterocycles. The molecule has 4 unspecified atom stereocenters. The van der Waals surface area contributed by atoms with Crippen molar-refractivity contribution in [3.05, 3.63) is 59.7 Å². The summed E-state index contributed by atoms with van der Waals surface area (Å²) in [7, 11) is 0. The molecule has 220 valence electrons. The van der Waals surface area contributed by atoms with E-state index >= 15 is 0 Å². The van der Waals surface area contributed by atoms with Gasteiger partial charge in [-0.2, -0.15) is 0 Å². The smallest absolute Gasteiger partial charge is 0.326 e. The zero-order valence-corrected chi connectivity index (χ0v) is 22.4. The maximum Gasteiger partial charge on any atom is 0.326 e. The molecule has 1 saturated heterocycles. The average molecular weight is 570 g/mol. The predicted molar refractivity (Wildman–Crippen MR) is 146 cm³/mol. The Labute approximate surface area is 236 Å². The predicted octanol–water partition coefficient (Wildman–Crippen LogP) is -0.479. The van der Waals surface area contributed by atoms with Crippen LogP contribution in [0.3, 0.4) is 0 Å². The first-order valence-corrected chi connectivity index (χ1v) is 13.2. The van der Waals surface area contributed by atoms with Gasteiger partial charge in [-0.15, -0.1) is 0 Å². The molecule has 2 aromatic carbocycles. The fourth-order valence-corrected chi connectivity index (χ4v) is 4.64. The van der Waals surface area contributed by atoms with Gasteiger partial charge in [0.15, 0.2) is 0 Å². The molecule has 0 aliphatic carbocycles. The maximum absolute atomic E-state index is 13.8. The summed E-state index contributed by atoms with van der Waals surface area (Å²) in [5.74, 6) is -3.80. The van der Waals surface area contributed by atoms with Gasteiger partial charge < -0.3 is 42.3 Å². The number of aliphatic carboxylic acids is 1. The topological polar surface area (TPSA) is 225 Å². The monoisotopic (exact) mass is 569 g/mol. The van der Waals surface area contributed by atoms with E-state index in [0.717, 1.165) is 0 Å². The molecule has 9 N–H and O–H groups in total. The molecular formula is C28H35N5O8. The molecular weight excluding hydrogens is 534 g/mol. The molecule has 0 saturated carbocycles. The van der Waals surface area contributed by atoms with Gasteiger partial charge in [0.1, 0.15) is 29.6 Å². The zero-order chi connectivity index (χ0) is 30.1. The fraction of sp³-hybridized carbons (Fsp3) is 0.393. The van der Waals surface area contributed by atoms with Crippen LogP contribution in [0.15, 0.2) is 48.5 Å². The van der Waals surface area contributed by atoms with Crippen LogP contribution in [0.5, 0.6) is 11.5 Å². The van der Waals surface area contributed by atoms with Gasteiger partial charge in [-0.25, -0.2) is 4.79 Å². The number of benzene rings is 2. The number of carboxylic acid groups (broad SMARTS) is 1. The van der Waals surface area contributed by atoms with Crippen LogP contribution in [0.4, 0.5) is 0 Å². The maximum atomic E-state index is 13.8. The molecule has 41 heavy (non-hydrogen) atoms. The van der Waals surface area contributed by atoms with Gasteiger partial charge in [-0.1, -0.05) is 24.3 Å². The van der Waals surface area contributed by atoms with Crippen LogP contribution in [0.2, 0.25) is 0 Å². The Balaban J connectivity index is 1.76. The summed E-state index contributed by atoms with van der Waals surface area (Å²) in [4.78, 5) is 63.9. The Morgan fingerprint density at radius 1 is 0.878 bits per heavy atom. The second kappa shape index (κ2) is 14.1. The molecule has 2 aromatic rings. The number of carbonyl (C=O) groups excluding carboxylic acids is 4. The van der Waals surface area contributed by atoms with Crippen LogP contribution in [0, 0.1) is 0 Å². The van der Waals surface area contributed by atoms with E-state index in [1.807, 2.05) is 0 Å². The van der Waals surface area contributed by atoms with E-state index in [1.165, 1.54) is 29.2 Å². The number of nitrogens with zero attached hydrogens (tertiary/aromatic N) is 1. The van der Waals surface area contributed by atoms with Gasteiger partial charge >= 0.3 is 5.97 Å². The highest BCUT2D eigenvalue weighted by Gasteiger charge is 2.39. The van der Waals surface area contributed by atoms with E-state index in [1.54, 1.807) is 24.3 Å². The minimum absolute atomic E-state index is 0.0252. The SMILES string of the molecule is NC(=O)CCC(NC(=O)C1CCCN1C(=O)C(Cc1ccc(O)cc1)NC(=O)C(N)Cc1ccc(O)cc1)C(=O)O. The van der Waals surface area contributed by atoms with Crippen molar-refractivity contribution >= 4 is 29.6 Å². The quantitative estimate of drug-likeness (QED) is 0.165. The Hall–Kier alpha value is -4.65.